The number of anilines is 1. The third kappa shape index (κ3) is 2.02. The van der Waals surface area contributed by atoms with Crippen LogP contribution in [-0.4, -0.2) is 38.5 Å². The Morgan fingerprint density at radius 2 is 2.09 bits per heavy atom. The van der Waals surface area contributed by atoms with Gasteiger partial charge >= 0.3 is 0 Å². The zero-order valence-electron chi connectivity index (χ0n) is 11.9. The lowest BCUT2D eigenvalue weighted by molar-refractivity contribution is 0.0793. The molecular weight excluding hydrogens is 282 g/mol. The first-order valence-electron chi connectivity index (χ1n) is 7.20. The first-order chi connectivity index (χ1) is 10.7. The lowest BCUT2D eigenvalue weighted by atomic mass is 10.2. The molecule has 0 unspecified atom stereocenters. The average molecular weight is 297 g/mol. The van der Waals surface area contributed by atoms with Gasteiger partial charge in [-0.3, -0.25) is 4.79 Å². The summed E-state index contributed by atoms with van der Waals surface area (Å²) in [6, 6.07) is 5.16. The monoisotopic (exact) mass is 297 g/mol. The molecule has 7 nitrogen and oxygen atoms in total. The summed E-state index contributed by atoms with van der Waals surface area (Å²) >= 11 is 0. The number of rotatable bonds is 2. The number of carbonyl (C=O) groups is 1. The standard InChI is InChI=1S/C15H15N5O2/c16-12-7-11(15(21)19-4-1-2-5-19)8-13-17-14(18-20(12)13)10-3-6-22-9-10/h3,6-9H,1-2,4-5,16H2. The third-order valence-corrected chi connectivity index (χ3v) is 3.88. The van der Waals surface area contributed by atoms with Crippen LogP contribution in [0.15, 0.2) is 35.1 Å². The Morgan fingerprint density at radius 1 is 1.27 bits per heavy atom. The highest BCUT2D eigenvalue weighted by molar-refractivity contribution is 5.96. The van der Waals surface area contributed by atoms with Crippen molar-refractivity contribution in [3.05, 3.63) is 36.3 Å². The number of pyridine rings is 1. The average Bonchev–Trinajstić information content (AvgIpc) is 3.25. The topological polar surface area (TPSA) is 89.7 Å². The van der Waals surface area contributed by atoms with Crippen molar-refractivity contribution in [3.63, 3.8) is 0 Å². The fraction of sp³-hybridized carbons (Fsp3) is 0.267. The summed E-state index contributed by atoms with van der Waals surface area (Å²) in [7, 11) is 0. The van der Waals surface area contributed by atoms with Crippen molar-refractivity contribution in [1.82, 2.24) is 19.5 Å². The van der Waals surface area contributed by atoms with Gasteiger partial charge < -0.3 is 15.1 Å². The van der Waals surface area contributed by atoms with Crippen molar-refractivity contribution in [2.24, 2.45) is 0 Å². The Bertz CT molecular complexity index is 831. The van der Waals surface area contributed by atoms with Crippen LogP contribution in [0.3, 0.4) is 0 Å². The van der Waals surface area contributed by atoms with E-state index < -0.39 is 0 Å². The van der Waals surface area contributed by atoms with Crippen LogP contribution in [0.2, 0.25) is 0 Å². The second kappa shape index (κ2) is 4.87. The number of aromatic nitrogens is 3. The number of carbonyl (C=O) groups excluding carboxylic acids is 1. The highest BCUT2D eigenvalue weighted by atomic mass is 16.3. The summed E-state index contributed by atoms with van der Waals surface area (Å²) in [6.45, 7) is 1.60. The Morgan fingerprint density at radius 3 is 2.82 bits per heavy atom. The maximum atomic E-state index is 12.5. The number of hydrogen-bond donors (Lipinski definition) is 1. The molecule has 1 saturated heterocycles. The van der Waals surface area contributed by atoms with E-state index >= 15 is 0 Å². The van der Waals surface area contributed by atoms with Crippen LogP contribution in [0.5, 0.6) is 0 Å². The van der Waals surface area contributed by atoms with Crippen molar-refractivity contribution in [3.8, 4) is 11.4 Å². The van der Waals surface area contributed by atoms with Crippen molar-refractivity contribution < 1.29 is 9.21 Å². The highest BCUT2D eigenvalue weighted by Crippen LogP contribution is 2.21. The van der Waals surface area contributed by atoms with Crippen LogP contribution < -0.4 is 5.73 Å². The summed E-state index contributed by atoms with van der Waals surface area (Å²) in [6.07, 6.45) is 5.24. The highest BCUT2D eigenvalue weighted by Gasteiger charge is 2.21. The van der Waals surface area contributed by atoms with E-state index in [0.29, 0.717) is 22.9 Å². The van der Waals surface area contributed by atoms with Gasteiger partial charge in [-0.05, 0) is 31.0 Å². The van der Waals surface area contributed by atoms with Gasteiger partial charge in [0, 0.05) is 18.7 Å². The summed E-state index contributed by atoms with van der Waals surface area (Å²) in [5, 5.41) is 4.35. The fourth-order valence-corrected chi connectivity index (χ4v) is 2.75. The molecule has 3 aromatic rings. The Labute approximate surface area is 126 Å². The van der Waals surface area contributed by atoms with Crippen molar-refractivity contribution in [2.75, 3.05) is 18.8 Å². The van der Waals surface area contributed by atoms with Gasteiger partial charge in [0.25, 0.3) is 5.91 Å². The predicted molar refractivity (Wildman–Crippen MR) is 80.2 cm³/mol. The minimum Gasteiger partial charge on any atom is -0.472 e. The molecule has 1 amide bonds. The van der Waals surface area contributed by atoms with Crippen LogP contribution >= 0.6 is 0 Å². The van der Waals surface area contributed by atoms with Crippen LogP contribution in [0, 0.1) is 0 Å². The van der Waals surface area contributed by atoms with E-state index in [4.69, 9.17) is 10.2 Å². The van der Waals surface area contributed by atoms with Crippen molar-refractivity contribution in [1.29, 1.82) is 0 Å². The number of furan rings is 1. The van der Waals surface area contributed by atoms with Gasteiger partial charge in [0.05, 0.1) is 11.8 Å². The van der Waals surface area contributed by atoms with E-state index in [2.05, 4.69) is 10.1 Å². The summed E-state index contributed by atoms with van der Waals surface area (Å²) in [5.74, 6) is 0.910. The van der Waals surface area contributed by atoms with E-state index in [1.165, 1.54) is 4.52 Å². The smallest absolute Gasteiger partial charge is 0.254 e. The zero-order chi connectivity index (χ0) is 15.1. The Hall–Kier alpha value is -2.83. The molecule has 1 aliphatic heterocycles. The summed E-state index contributed by atoms with van der Waals surface area (Å²) < 4.78 is 6.57. The molecule has 0 aliphatic carbocycles. The molecule has 0 aromatic carbocycles. The number of amides is 1. The number of nitrogens with two attached hydrogens (primary N) is 1. The molecule has 3 aromatic heterocycles. The number of nitrogens with zero attached hydrogens (tertiary/aromatic N) is 4. The molecule has 0 atom stereocenters. The van der Waals surface area contributed by atoms with Gasteiger partial charge in [-0.25, -0.2) is 4.98 Å². The van der Waals surface area contributed by atoms with Crippen LogP contribution in [0.1, 0.15) is 23.2 Å². The molecule has 22 heavy (non-hydrogen) atoms. The maximum absolute atomic E-state index is 12.5. The zero-order valence-corrected chi connectivity index (χ0v) is 11.9. The number of nitrogen functional groups attached to an aromatic ring is 1. The quantitative estimate of drug-likeness (QED) is 0.779. The van der Waals surface area contributed by atoms with Crippen LogP contribution in [0.25, 0.3) is 17.0 Å². The molecule has 0 spiro atoms. The van der Waals surface area contributed by atoms with Crippen molar-refractivity contribution >= 4 is 17.4 Å². The molecule has 0 bridgehead atoms. The third-order valence-electron chi connectivity index (χ3n) is 3.88. The minimum atomic E-state index is -0.000406. The maximum Gasteiger partial charge on any atom is 0.254 e. The van der Waals surface area contributed by atoms with E-state index in [0.717, 1.165) is 31.5 Å². The lowest BCUT2D eigenvalue weighted by Crippen LogP contribution is -2.27. The van der Waals surface area contributed by atoms with Gasteiger partial charge in [-0.2, -0.15) is 4.52 Å². The van der Waals surface area contributed by atoms with E-state index in [-0.39, 0.29) is 5.91 Å². The Balaban J connectivity index is 1.77. The second-order valence-corrected chi connectivity index (χ2v) is 5.39. The SMILES string of the molecule is Nc1cc(C(=O)N2CCCC2)cc2nc(-c3ccoc3)nn12. The molecular formula is C15H15N5O2. The molecule has 0 radical (unpaired) electrons. The molecule has 4 rings (SSSR count). The summed E-state index contributed by atoms with van der Waals surface area (Å²) in [5.41, 5.74) is 7.91. The number of fused-ring (bicyclic) bond motifs is 1. The number of likely N-dealkylation sites (tertiary alicyclic amines) is 1. The molecule has 112 valence electrons. The number of hydrogen-bond acceptors (Lipinski definition) is 5. The van der Waals surface area contributed by atoms with E-state index in [9.17, 15) is 4.79 Å². The van der Waals surface area contributed by atoms with Crippen molar-refractivity contribution in [2.45, 2.75) is 12.8 Å². The van der Waals surface area contributed by atoms with Crippen LogP contribution in [-0.2, 0) is 0 Å². The second-order valence-electron chi connectivity index (χ2n) is 5.39. The predicted octanol–water partition coefficient (Wildman–Crippen LogP) is 1.81. The van der Waals surface area contributed by atoms with Crippen LogP contribution in [0.4, 0.5) is 5.82 Å². The molecule has 1 fully saturated rings. The first kappa shape index (κ1) is 12.9. The van der Waals surface area contributed by atoms with E-state index in [1.54, 1.807) is 30.7 Å². The molecule has 7 heteroatoms. The minimum absolute atomic E-state index is 0.000406. The van der Waals surface area contributed by atoms with E-state index in [1.807, 2.05) is 4.90 Å². The largest absolute Gasteiger partial charge is 0.472 e. The molecule has 1 aliphatic rings. The molecule has 2 N–H and O–H groups in total. The first-order valence-corrected chi connectivity index (χ1v) is 7.20. The fourth-order valence-electron chi connectivity index (χ4n) is 2.75. The molecule has 0 saturated carbocycles. The Kier molecular flexibility index (Phi) is 2.85. The summed E-state index contributed by atoms with van der Waals surface area (Å²) in [4.78, 5) is 18.7. The van der Waals surface area contributed by atoms with Gasteiger partial charge in [0.2, 0.25) is 0 Å². The van der Waals surface area contributed by atoms with Gasteiger partial charge in [0.15, 0.2) is 11.5 Å². The normalized spacial score (nSPS) is 14.8. The van der Waals surface area contributed by atoms with Gasteiger partial charge in [-0.15, -0.1) is 5.10 Å². The lowest BCUT2D eigenvalue weighted by Gasteiger charge is -2.15. The van der Waals surface area contributed by atoms with Gasteiger partial charge in [-0.1, -0.05) is 0 Å². The van der Waals surface area contributed by atoms with Gasteiger partial charge in [0.1, 0.15) is 12.1 Å². The molecule has 4 heterocycles.